The van der Waals surface area contributed by atoms with Crippen molar-refractivity contribution in [1.29, 1.82) is 15.8 Å². The zero-order valence-electron chi connectivity index (χ0n) is 11.7. The lowest BCUT2D eigenvalue weighted by atomic mass is 10.1. The van der Waals surface area contributed by atoms with E-state index in [4.69, 9.17) is 37.5 Å². The number of nitriles is 3. The molecule has 110 valence electrons. The van der Waals surface area contributed by atoms with Gasteiger partial charge in [-0.2, -0.15) is 15.8 Å². The molecular formula is C17H9ClN4O. The highest BCUT2D eigenvalue weighted by Gasteiger charge is 2.10. The maximum absolute atomic E-state index is 9.15. The third-order valence-corrected chi connectivity index (χ3v) is 3.16. The molecular weight excluding hydrogens is 312 g/mol. The van der Waals surface area contributed by atoms with Gasteiger partial charge in [0.25, 0.3) is 0 Å². The van der Waals surface area contributed by atoms with Crippen molar-refractivity contribution in [3.8, 4) is 29.5 Å². The second-order valence-corrected chi connectivity index (χ2v) is 4.83. The van der Waals surface area contributed by atoms with Gasteiger partial charge in [-0.15, -0.1) is 0 Å². The molecule has 0 fully saturated rings. The van der Waals surface area contributed by atoms with Crippen LogP contribution >= 0.6 is 11.6 Å². The summed E-state index contributed by atoms with van der Waals surface area (Å²) in [6.45, 7) is 0. The number of rotatable bonds is 3. The standard InChI is InChI=1S/C17H9ClN4O/c18-14-3-1-2-11(6-14)16-5-4-15(23-16)7-12(8-19)17(22)13(9-20)10-21/h1-7H,22H2/b12-7+. The molecule has 2 N–H and O–H groups in total. The summed E-state index contributed by atoms with van der Waals surface area (Å²) < 4.78 is 5.62. The summed E-state index contributed by atoms with van der Waals surface area (Å²) in [4.78, 5) is 0. The molecule has 0 atom stereocenters. The SMILES string of the molecule is N#CC(C#N)=C(N)/C(C#N)=C/c1ccc(-c2cccc(Cl)c2)o1. The Morgan fingerprint density at radius 3 is 2.43 bits per heavy atom. The minimum atomic E-state index is -0.320. The molecule has 0 aliphatic rings. The van der Waals surface area contributed by atoms with Crippen LogP contribution in [0.5, 0.6) is 0 Å². The van der Waals surface area contributed by atoms with Crippen molar-refractivity contribution in [2.75, 3.05) is 0 Å². The molecule has 0 saturated heterocycles. The summed E-state index contributed by atoms with van der Waals surface area (Å²) in [6.07, 6.45) is 1.37. The predicted molar refractivity (Wildman–Crippen MR) is 85.2 cm³/mol. The molecule has 0 bridgehead atoms. The van der Waals surface area contributed by atoms with Crippen molar-refractivity contribution < 1.29 is 4.42 Å². The van der Waals surface area contributed by atoms with Crippen LogP contribution in [0, 0.1) is 34.0 Å². The first-order valence-corrected chi connectivity index (χ1v) is 6.74. The van der Waals surface area contributed by atoms with E-state index in [9.17, 15) is 0 Å². The predicted octanol–water partition coefficient (Wildman–Crippen LogP) is 3.77. The summed E-state index contributed by atoms with van der Waals surface area (Å²) in [5.41, 5.74) is 5.93. The smallest absolute Gasteiger partial charge is 0.153 e. The highest BCUT2D eigenvalue weighted by atomic mass is 35.5. The number of hydrogen-bond acceptors (Lipinski definition) is 5. The Morgan fingerprint density at radius 1 is 1.09 bits per heavy atom. The number of nitrogens with zero attached hydrogens (tertiary/aromatic N) is 3. The monoisotopic (exact) mass is 320 g/mol. The minimum Gasteiger partial charge on any atom is -0.457 e. The summed E-state index contributed by atoms with van der Waals surface area (Å²) in [7, 11) is 0. The van der Waals surface area contributed by atoms with Gasteiger partial charge in [-0.25, -0.2) is 0 Å². The molecule has 0 radical (unpaired) electrons. The average molecular weight is 321 g/mol. The van der Waals surface area contributed by atoms with Gasteiger partial charge in [0.2, 0.25) is 0 Å². The lowest BCUT2D eigenvalue weighted by Gasteiger charge is -1.99. The summed E-state index contributed by atoms with van der Waals surface area (Å²) in [5, 5.41) is 27.3. The first kappa shape index (κ1) is 15.9. The topological polar surface area (TPSA) is 111 Å². The van der Waals surface area contributed by atoms with E-state index in [-0.39, 0.29) is 16.8 Å². The molecule has 1 aromatic carbocycles. The van der Waals surface area contributed by atoms with Crippen molar-refractivity contribution in [3.05, 3.63) is 64.0 Å². The van der Waals surface area contributed by atoms with E-state index in [1.165, 1.54) is 6.08 Å². The Bertz CT molecular complexity index is 916. The highest BCUT2D eigenvalue weighted by Crippen LogP contribution is 2.26. The van der Waals surface area contributed by atoms with E-state index < -0.39 is 0 Å². The fourth-order valence-electron chi connectivity index (χ4n) is 1.82. The van der Waals surface area contributed by atoms with E-state index in [2.05, 4.69) is 0 Å². The van der Waals surface area contributed by atoms with Crippen LogP contribution in [0.15, 0.2) is 57.7 Å². The Morgan fingerprint density at radius 2 is 1.83 bits per heavy atom. The van der Waals surface area contributed by atoms with Gasteiger partial charge in [0.1, 0.15) is 29.7 Å². The van der Waals surface area contributed by atoms with Crippen molar-refractivity contribution in [3.63, 3.8) is 0 Å². The number of halogens is 1. The highest BCUT2D eigenvalue weighted by molar-refractivity contribution is 6.30. The van der Waals surface area contributed by atoms with Gasteiger partial charge in [-0.1, -0.05) is 23.7 Å². The maximum Gasteiger partial charge on any atom is 0.153 e. The minimum absolute atomic E-state index is 0.0184. The normalized spacial score (nSPS) is 10.3. The molecule has 0 unspecified atom stereocenters. The molecule has 6 heteroatoms. The van der Waals surface area contributed by atoms with Gasteiger partial charge in [0.05, 0.1) is 11.3 Å². The van der Waals surface area contributed by atoms with Crippen LogP contribution in [-0.2, 0) is 0 Å². The largest absolute Gasteiger partial charge is 0.457 e. The molecule has 1 heterocycles. The van der Waals surface area contributed by atoms with Crippen LogP contribution < -0.4 is 5.73 Å². The first-order chi connectivity index (χ1) is 11.1. The van der Waals surface area contributed by atoms with Crippen LogP contribution in [0.4, 0.5) is 0 Å². The van der Waals surface area contributed by atoms with Gasteiger partial charge in [0.15, 0.2) is 5.57 Å². The Labute approximate surface area is 137 Å². The number of benzene rings is 1. The van der Waals surface area contributed by atoms with Gasteiger partial charge in [-0.3, -0.25) is 0 Å². The summed E-state index contributed by atoms with van der Waals surface area (Å²) in [5.74, 6) is 0.939. The summed E-state index contributed by atoms with van der Waals surface area (Å²) >= 11 is 5.94. The van der Waals surface area contributed by atoms with Crippen molar-refractivity contribution >= 4 is 17.7 Å². The second-order valence-electron chi connectivity index (χ2n) is 4.39. The van der Waals surface area contributed by atoms with Crippen LogP contribution in [0.3, 0.4) is 0 Å². The molecule has 0 spiro atoms. The van der Waals surface area contributed by atoms with Gasteiger partial charge in [-0.05, 0) is 24.3 Å². The van der Waals surface area contributed by atoms with Crippen LogP contribution in [0.2, 0.25) is 5.02 Å². The molecule has 0 amide bonds. The Hall–Kier alpha value is -3.46. The van der Waals surface area contributed by atoms with E-state index in [0.29, 0.717) is 16.5 Å². The third-order valence-electron chi connectivity index (χ3n) is 2.93. The number of nitrogens with two attached hydrogens (primary N) is 1. The lowest BCUT2D eigenvalue weighted by Crippen LogP contribution is -2.03. The zero-order valence-corrected chi connectivity index (χ0v) is 12.5. The molecule has 2 rings (SSSR count). The van der Waals surface area contributed by atoms with Crippen LogP contribution in [0.25, 0.3) is 17.4 Å². The Balaban J connectivity index is 2.41. The Kier molecular flexibility index (Phi) is 4.85. The maximum atomic E-state index is 9.15. The van der Waals surface area contributed by atoms with E-state index in [0.717, 1.165) is 5.56 Å². The average Bonchev–Trinajstić information content (AvgIpc) is 3.02. The van der Waals surface area contributed by atoms with Crippen LogP contribution in [0.1, 0.15) is 5.76 Å². The van der Waals surface area contributed by atoms with E-state index >= 15 is 0 Å². The third kappa shape index (κ3) is 3.60. The summed E-state index contributed by atoms with van der Waals surface area (Å²) in [6, 6.07) is 15.6. The van der Waals surface area contributed by atoms with Crippen molar-refractivity contribution in [1.82, 2.24) is 0 Å². The zero-order chi connectivity index (χ0) is 16.8. The van der Waals surface area contributed by atoms with Crippen LogP contribution in [-0.4, -0.2) is 0 Å². The molecule has 1 aromatic heterocycles. The second kappa shape index (κ2) is 7.00. The van der Waals surface area contributed by atoms with Crippen molar-refractivity contribution in [2.45, 2.75) is 0 Å². The molecule has 5 nitrogen and oxygen atoms in total. The van der Waals surface area contributed by atoms with Crippen molar-refractivity contribution in [2.24, 2.45) is 5.73 Å². The number of allylic oxidation sites excluding steroid dienone is 2. The fraction of sp³-hybridized carbons (Fsp3) is 0. The molecule has 0 saturated carbocycles. The quantitative estimate of drug-likeness (QED) is 0.683. The van der Waals surface area contributed by atoms with E-state index in [1.807, 2.05) is 12.1 Å². The number of furan rings is 1. The van der Waals surface area contributed by atoms with E-state index in [1.54, 1.807) is 42.5 Å². The fourth-order valence-corrected chi connectivity index (χ4v) is 2.01. The first-order valence-electron chi connectivity index (χ1n) is 6.37. The van der Waals surface area contributed by atoms with Gasteiger partial charge < -0.3 is 10.2 Å². The van der Waals surface area contributed by atoms with Gasteiger partial charge >= 0.3 is 0 Å². The van der Waals surface area contributed by atoms with Gasteiger partial charge in [0, 0.05) is 16.7 Å². The molecule has 23 heavy (non-hydrogen) atoms. The molecule has 2 aromatic rings. The molecule has 0 aliphatic carbocycles. The lowest BCUT2D eigenvalue weighted by molar-refractivity contribution is 0.571. The number of hydrogen-bond donors (Lipinski definition) is 1. The molecule has 0 aliphatic heterocycles.